The van der Waals surface area contributed by atoms with Crippen LogP contribution in [0, 0.1) is 9.49 Å². The lowest BCUT2D eigenvalue weighted by molar-refractivity contribution is 0.648. The highest BCUT2D eigenvalue weighted by Crippen LogP contribution is 2.28. The van der Waals surface area contributed by atoms with Crippen molar-refractivity contribution in [2.24, 2.45) is 5.92 Å². The van der Waals surface area contributed by atoms with Crippen LogP contribution in [0.4, 0.5) is 0 Å². The average molecular weight is 427 g/mol. The van der Waals surface area contributed by atoms with Gasteiger partial charge in [0.05, 0.1) is 0 Å². The molecule has 0 aliphatic carbocycles. The molecule has 0 spiro atoms. The first-order chi connectivity index (χ1) is 11.6. The second-order valence-corrected chi connectivity index (χ2v) is 7.77. The lowest BCUT2D eigenvalue weighted by Crippen LogP contribution is -2.00. The summed E-state index contributed by atoms with van der Waals surface area (Å²) in [6, 6.07) is 16.9. The molecule has 2 aromatic carbocycles. The minimum Gasteiger partial charge on any atom is -0.282 e. The number of hydrogen-bond donors (Lipinski definition) is 0. The fraction of sp³-hybridized carbons (Fsp3) is 0.200. The summed E-state index contributed by atoms with van der Waals surface area (Å²) in [6.07, 6.45) is 3.26. The molecule has 24 heavy (non-hydrogen) atoms. The van der Waals surface area contributed by atoms with E-state index in [-0.39, 0.29) is 0 Å². The van der Waals surface area contributed by atoms with Crippen molar-refractivity contribution in [2.75, 3.05) is 0 Å². The van der Waals surface area contributed by atoms with Crippen LogP contribution in [0.2, 0.25) is 0 Å². The minimum absolute atomic E-state index is 0.601. The predicted octanol–water partition coefficient (Wildman–Crippen LogP) is 5.35. The molecule has 4 aromatic rings. The number of nitrogens with zero attached hydrogens (tertiary/aromatic N) is 3. The van der Waals surface area contributed by atoms with Crippen LogP contribution in [0.3, 0.4) is 0 Å². The van der Waals surface area contributed by atoms with Crippen LogP contribution in [0.5, 0.6) is 0 Å². The maximum Gasteiger partial charge on any atom is 0.168 e. The van der Waals surface area contributed by atoms with E-state index >= 15 is 0 Å². The molecule has 0 atom stereocenters. The van der Waals surface area contributed by atoms with Gasteiger partial charge in [0.15, 0.2) is 11.5 Å². The summed E-state index contributed by atoms with van der Waals surface area (Å²) in [5, 5.41) is 11.4. The summed E-state index contributed by atoms with van der Waals surface area (Å²) >= 11 is 2.32. The number of fused-ring (bicyclic) bond motifs is 3. The molecule has 0 aliphatic rings. The molecule has 2 aromatic heterocycles. The molecule has 2 heterocycles. The lowest BCUT2D eigenvalue weighted by atomic mass is 9.99. The monoisotopic (exact) mass is 427 g/mol. The molecule has 0 unspecified atom stereocenters. The lowest BCUT2D eigenvalue weighted by Gasteiger charge is -2.11. The Morgan fingerprint density at radius 1 is 0.958 bits per heavy atom. The van der Waals surface area contributed by atoms with E-state index in [0.717, 1.165) is 23.5 Å². The number of benzene rings is 2. The first-order valence-corrected chi connectivity index (χ1v) is 9.22. The summed E-state index contributed by atoms with van der Waals surface area (Å²) in [7, 11) is 0. The van der Waals surface area contributed by atoms with E-state index in [2.05, 4.69) is 106 Å². The Bertz CT molecular complexity index is 1020. The maximum atomic E-state index is 4.48. The molecule has 0 amide bonds. The molecule has 0 saturated heterocycles. The number of aromatic nitrogens is 3. The van der Waals surface area contributed by atoms with Gasteiger partial charge >= 0.3 is 0 Å². The summed E-state index contributed by atoms with van der Waals surface area (Å²) in [6.45, 7) is 4.51. The number of hydrogen-bond acceptors (Lipinski definition) is 2. The van der Waals surface area contributed by atoms with Crippen molar-refractivity contribution in [1.29, 1.82) is 0 Å². The van der Waals surface area contributed by atoms with Crippen molar-refractivity contribution in [2.45, 2.75) is 20.3 Å². The smallest absolute Gasteiger partial charge is 0.168 e. The third kappa shape index (κ3) is 2.69. The Balaban J connectivity index is 2.01. The van der Waals surface area contributed by atoms with Crippen LogP contribution in [-0.4, -0.2) is 14.6 Å². The highest BCUT2D eigenvalue weighted by molar-refractivity contribution is 14.1. The minimum atomic E-state index is 0.601. The van der Waals surface area contributed by atoms with E-state index in [0.29, 0.717) is 5.92 Å². The maximum absolute atomic E-state index is 4.48. The summed E-state index contributed by atoms with van der Waals surface area (Å²) in [5.41, 5.74) is 3.36. The molecule has 0 fully saturated rings. The van der Waals surface area contributed by atoms with Gasteiger partial charge < -0.3 is 0 Å². The molecule has 4 rings (SSSR count). The van der Waals surface area contributed by atoms with E-state index in [4.69, 9.17) is 0 Å². The molecular weight excluding hydrogens is 409 g/mol. The Labute approximate surface area is 154 Å². The quantitative estimate of drug-likeness (QED) is 0.413. The van der Waals surface area contributed by atoms with E-state index < -0.39 is 0 Å². The zero-order valence-corrected chi connectivity index (χ0v) is 15.9. The van der Waals surface area contributed by atoms with Crippen LogP contribution in [0.1, 0.15) is 19.4 Å². The predicted molar refractivity (Wildman–Crippen MR) is 107 cm³/mol. The first-order valence-electron chi connectivity index (χ1n) is 8.15. The number of halogens is 1. The molecule has 4 heteroatoms. The van der Waals surface area contributed by atoms with Crippen LogP contribution < -0.4 is 0 Å². The highest BCUT2D eigenvalue weighted by Gasteiger charge is 2.14. The zero-order valence-electron chi connectivity index (χ0n) is 13.7. The van der Waals surface area contributed by atoms with Gasteiger partial charge in [-0.3, -0.25) is 4.40 Å². The van der Waals surface area contributed by atoms with Gasteiger partial charge in [-0.15, -0.1) is 10.2 Å². The third-order valence-corrected chi connectivity index (χ3v) is 4.94. The van der Waals surface area contributed by atoms with Gasteiger partial charge in [-0.2, -0.15) is 0 Å². The Morgan fingerprint density at radius 3 is 2.38 bits per heavy atom. The molecule has 0 bridgehead atoms. The van der Waals surface area contributed by atoms with Crippen molar-refractivity contribution in [3.63, 3.8) is 0 Å². The molecular formula is C20H18IN3. The van der Waals surface area contributed by atoms with Gasteiger partial charge in [-0.25, -0.2) is 0 Å². The van der Waals surface area contributed by atoms with Gasteiger partial charge in [0.1, 0.15) is 0 Å². The standard InChI is InChI=1S/C20H18IN3/c1-13(2)11-15-12-24-19(14-7-9-16(21)10-8-14)22-23-20(24)18-6-4-3-5-17(15)18/h3-10,12-13H,11H2,1-2H3. The molecule has 0 radical (unpaired) electrons. The van der Waals surface area contributed by atoms with Crippen LogP contribution in [-0.2, 0) is 6.42 Å². The van der Waals surface area contributed by atoms with E-state index in [9.17, 15) is 0 Å². The van der Waals surface area contributed by atoms with E-state index in [1.165, 1.54) is 19.9 Å². The SMILES string of the molecule is CC(C)Cc1cn2c(-c3ccc(I)cc3)nnc2c2ccccc12. The second kappa shape index (κ2) is 6.16. The average Bonchev–Trinajstić information content (AvgIpc) is 2.99. The van der Waals surface area contributed by atoms with Gasteiger partial charge in [0, 0.05) is 20.7 Å². The fourth-order valence-corrected chi connectivity index (χ4v) is 3.54. The third-order valence-electron chi connectivity index (χ3n) is 4.23. The summed E-state index contributed by atoms with van der Waals surface area (Å²) in [4.78, 5) is 0. The number of rotatable bonds is 3. The van der Waals surface area contributed by atoms with Gasteiger partial charge in [-0.05, 0) is 58.0 Å². The second-order valence-electron chi connectivity index (χ2n) is 6.52. The zero-order chi connectivity index (χ0) is 16.7. The van der Waals surface area contributed by atoms with E-state index in [1.54, 1.807) is 0 Å². The summed E-state index contributed by atoms with van der Waals surface area (Å²) < 4.78 is 3.36. The Hall–Kier alpha value is -1.95. The van der Waals surface area contributed by atoms with Gasteiger partial charge in [-0.1, -0.05) is 50.2 Å². The normalized spacial score (nSPS) is 11.7. The molecule has 0 aliphatic heterocycles. The molecule has 0 saturated carbocycles. The molecule has 0 N–H and O–H groups in total. The van der Waals surface area contributed by atoms with Crippen molar-refractivity contribution in [3.05, 3.63) is 63.9 Å². The highest BCUT2D eigenvalue weighted by atomic mass is 127. The van der Waals surface area contributed by atoms with Crippen LogP contribution in [0.15, 0.2) is 54.7 Å². The van der Waals surface area contributed by atoms with Crippen molar-refractivity contribution < 1.29 is 0 Å². The van der Waals surface area contributed by atoms with E-state index in [1.807, 2.05) is 0 Å². The first kappa shape index (κ1) is 15.6. The van der Waals surface area contributed by atoms with Crippen LogP contribution in [0.25, 0.3) is 27.8 Å². The van der Waals surface area contributed by atoms with Crippen LogP contribution >= 0.6 is 22.6 Å². The molecule has 3 nitrogen and oxygen atoms in total. The van der Waals surface area contributed by atoms with Crippen molar-refractivity contribution in [1.82, 2.24) is 14.6 Å². The topological polar surface area (TPSA) is 30.2 Å². The number of pyridine rings is 1. The Kier molecular flexibility index (Phi) is 4.00. The largest absolute Gasteiger partial charge is 0.282 e. The molecule has 120 valence electrons. The Morgan fingerprint density at radius 2 is 1.67 bits per heavy atom. The van der Waals surface area contributed by atoms with Gasteiger partial charge in [0.25, 0.3) is 0 Å². The fourth-order valence-electron chi connectivity index (χ4n) is 3.18. The van der Waals surface area contributed by atoms with Crippen molar-refractivity contribution >= 4 is 39.0 Å². The summed E-state index contributed by atoms with van der Waals surface area (Å²) in [5.74, 6) is 1.50. The van der Waals surface area contributed by atoms with Crippen molar-refractivity contribution in [3.8, 4) is 11.4 Å². The van der Waals surface area contributed by atoms with Gasteiger partial charge in [0.2, 0.25) is 0 Å².